The Morgan fingerprint density at radius 2 is 1.85 bits per heavy atom. The highest BCUT2D eigenvalue weighted by Gasteiger charge is 2.47. The molecule has 3 heterocycles. The van der Waals surface area contributed by atoms with Gasteiger partial charge in [0.2, 0.25) is 17.7 Å². The number of carbonyl (C=O) groups excluding carboxylic acids is 4. The molecule has 1 aromatic carbocycles. The highest BCUT2D eigenvalue weighted by atomic mass is 32.1. The van der Waals surface area contributed by atoms with Crippen LogP contribution in [0, 0.1) is 11.3 Å². The normalized spacial score (nSPS) is 21.4. The van der Waals surface area contributed by atoms with Crippen molar-refractivity contribution in [2.45, 2.75) is 52.1 Å². The van der Waals surface area contributed by atoms with Crippen LogP contribution in [0.3, 0.4) is 0 Å². The van der Waals surface area contributed by atoms with E-state index in [4.69, 9.17) is 4.42 Å². The van der Waals surface area contributed by atoms with Gasteiger partial charge in [0.05, 0.1) is 12.6 Å². The molecule has 2 atom stereocenters. The van der Waals surface area contributed by atoms with Crippen molar-refractivity contribution in [3.05, 3.63) is 69.8 Å². The lowest BCUT2D eigenvalue weighted by molar-refractivity contribution is -0.140. The maximum absolute atomic E-state index is 13.3. The molecule has 1 fully saturated rings. The van der Waals surface area contributed by atoms with Crippen LogP contribution in [0.15, 0.2) is 46.4 Å². The summed E-state index contributed by atoms with van der Waals surface area (Å²) < 4.78 is 5.67. The molecule has 41 heavy (non-hydrogen) atoms. The van der Waals surface area contributed by atoms with E-state index in [-0.39, 0.29) is 54.6 Å². The fraction of sp³-hybridized carbons (Fsp3) is 0.448. The number of benzene rings is 1. The second-order valence-corrected chi connectivity index (χ2v) is 12.1. The van der Waals surface area contributed by atoms with Gasteiger partial charge in [0.25, 0.3) is 11.8 Å². The summed E-state index contributed by atoms with van der Waals surface area (Å²) in [4.78, 5) is 63.1. The number of nitrogens with zero attached hydrogens (tertiary/aromatic N) is 3. The third-order valence-corrected chi connectivity index (χ3v) is 8.38. The minimum absolute atomic E-state index is 0.0208. The number of oxazole rings is 1. The first-order chi connectivity index (χ1) is 19.6. The molecule has 0 radical (unpaired) electrons. The molecule has 4 amide bonds. The van der Waals surface area contributed by atoms with Crippen LogP contribution in [0.2, 0.25) is 0 Å². The smallest absolute Gasteiger partial charge is 0.273 e. The van der Waals surface area contributed by atoms with Crippen LogP contribution < -0.4 is 16.0 Å². The van der Waals surface area contributed by atoms with Gasteiger partial charge in [-0.25, -0.2) is 9.97 Å². The molecular weight excluding hydrogens is 544 g/mol. The molecule has 3 aromatic rings. The number of fused-ring (bicyclic) bond motifs is 4. The Morgan fingerprint density at radius 1 is 1.10 bits per heavy atom. The summed E-state index contributed by atoms with van der Waals surface area (Å²) in [5, 5.41) is 11.0. The first-order valence-electron chi connectivity index (χ1n) is 13.8. The number of carbonyl (C=O) groups is 4. The Kier molecular flexibility index (Phi) is 8.20. The van der Waals surface area contributed by atoms with E-state index in [1.807, 2.05) is 51.1 Å². The summed E-state index contributed by atoms with van der Waals surface area (Å²) in [5.41, 5.74) is 0.714. The number of aromatic nitrogens is 2. The highest BCUT2D eigenvalue weighted by molar-refractivity contribution is 7.09. The molecule has 1 saturated carbocycles. The Labute approximate surface area is 242 Å². The van der Waals surface area contributed by atoms with Crippen LogP contribution in [0.4, 0.5) is 0 Å². The van der Waals surface area contributed by atoms with Gasteiger partial charge in [-0.2, -0.15) is 0 Å². The summed E-state index contributed by atoms with van der Waals surface area (Å²) in [6.45, 7) is 5.94. The van der Waals surface area contributed by atoms with Gasteiger partial charge < -0.3 is 25.3 Å². The zero-order valence-electron chi connectivity index (χ0n) is 23.3. The first kappa shape index (κ1) is 28.5. The van der Waals surface area contributed by atoms with Gasteiger partial charge in [-0.3, -0.25) is 19.2 Å². The number of hydrogen-bond donors (Lipinski definition) is 3. The third kappa shape index (κ3) is 6.64. The van der Waals surface area contributed by atoms with Crippen LogP contribution in [0.5, 0.6) is 0 Å². The molecule has 12 heteroatoms. The van der Waals surface area contributed by atoms with E-state index in [1.54, 1.807) is 5.38 Å². The summed E-state index contributed by atoms with van der Waals surface area (Å²) in [6.07, 6.45) is 3.16. The van der Waals surface area contributed by atoms with Crippen molar-refractivity contribution >= 4 is 35.0 Å². The minimum atomic E-state index is -0.663. The van der Waals surface area contributed by atoms with Gasteiger partial charge in [0.1, 0.15) is 23.0 Å². The van der Waals surface area contributed by atoms with Crippen molar-refractivity contribution in [3.63, 3.8) is 0 Å². The van der Waals surface area contributed by atoms with Crippen molar-refractivity contribution in [3.8, 4) is 0 Å². The predicted molar refractivity (Wildman–Crippen MR) is 151 cm³/mol. The van der Waals surface area contributed by atoms with Crippen LogP contribution >= 0.6 is 11.3 Å². The molecule has 216 valence electrons. The van der Waals surface area contributed by atoms with Crippen LogP contribution in [0.1, 0.15) is 83.1 Å². The van der Waals surface area contributed by atoms with E-state index < -0.39 is 29.3 Å². The fourth-order valence-corrected chi connectivity index (χ4v) is 5.73. The standard InChI is InChI=1S/C29H34N6O5S/c1-17(2)23-27-33-21(16-41-27)25(38)31-19(13-18-7-5-4-6-8-18)26-32-20(15-40-26)24(37)30-11-12-35(14-22(36)34-23)28(39)29(3)9-10-29/h4-8,15-17,19,23H,9-14H2,1-3H3,(H,30,37)(H,31,38)(H,34,36)/t19-,23-/m0/s1. The molecule has 2 aliphatic rings. The van der Waals surface area contributed by atoms with E-state index in [0.29, 0.717) is 11.4 Å². The second kappa shape index (κ2) is 11.8. The molecule has 3 N–H and O–H groups in total. The van der Waals surface area contributed by atoms with Gasteiger partial charge >= 0.3 is 0 Å². The Balaban J connectivity index is 1.46. The lowest BCUT2D eigenvalue weighted by atomic mass is 10.0. The third-order valence-electron chi connectivity index (χ3n) is 7.45. The van der Waals surface area contributed by atoms with Gasteiger partial charge in [-0.1, -0.05) is 51.1 Å². The minimum Gasteiger partial charge on any atom is -0.446 e. The molecular formula is C29H34N6O5S. The number of nitrogens with one attached hydrogen (secondary N) is 3. The average molecular weight is 579 g/mol. The SMILES string of the molecule is CC(C)[C@@H]1NC(=O)CN(C(=O)C2(C)CC2)CCNC(=O)c2coc(n2)[C@H](Cc2ccccc2)NC(=O)c2csc1n2. The number of rotatable bonds is 4. The zero-order valence-corrected chi connectivity index (χ0v) is 24.1. The van der Waals surface area contributed by atoms with Crippen molar-refractivity contribution in [1.29, 1.82) is 0 Å². The van der Waals surface area contributed by atoms with E-state index in [2.05, 4.69) is 25.9 Å². The molecule has 5 rings (SSSR count). The molecule has 2 aromatic heterocycles. The van der Waals surface area contributed by atoms with Crippen LogP contribution in [-0.2, 0) is 16.0 Å². The Bertz CT molecular complexity index is 1430. The summed E-state index contributed by atoms with van der Waals surface area (Å²) in [5.74, 6) is -1.19. The van der Waals surface area contributed by atoms with Crippen molar-refractivity contribution < 1.29 is 23.6 Å². The van der Waals surface area contributed by atoms with Gasteiger partial charge in [-0.15, -0.1) is 11.3 Å². The van der Waals surface area contributed by atoms with Crippen LogP contribution in [-0.4, -0.2) is 58.1 Å². The van der Waals surface area contributed by atoms with Gasteiger partial charge in [0, 0.05) is 30.3 Å². The van der Waals surface area contributed by atoms with Crippen molar-refractivity contribution in [1.82, 2.24) is 30.8 Å². The quantitative estimate of drug-likeness (QED) is 0.431. The Hall–Kier alpha value is -4.06. The molecule has 0 unspecified atom stereocenters. The summed E-state index contributed by atoms with van der Waals surface area (Å²) in [6, 6.07) is 8.45. The van der Waals surface area contributed by atoms with E-state index in [9.17, 15) is 19.2 Å². The van der Waals surface area contributed by atoms with E-state index in [1.165, 1.54) is 22.5 Å². The monoisotopic (exact) mass is 578 g/mol. The summed E-state index contributed by atoms with van der Waals surface area (Å²) in [7, 11) is 0. The predicted octanol–water partition coefficient (Wildman–Crippen LogP) is 3.03. The molecule has 0 saturated heterocycles. The maximum Gasteiger partial charge on any atom is 0.273 e. The Morgan fingerprint density at radius 3 is 2.56 bits per heavy atom. The largest absolute Gasteiger partial charge is 0.446 e. The van der Waals surface area contributed by atoms with E-state index >= 15 is 0 Å². The van der Waals surface area contributed by atoms with Crippen molar-refractivity contribution in [2.75, 3.05) is 19.6 Å². The lowest BCUT2D eigenvalue weighted by Crippen LogP contribution is -2.47. The molecule has 4 bridgehead atoms. The summed E-state index contributed by atoms with van der Waals surface area (Å²) >= 11 is 1.29. The molecule has 1 aliphatic heterocycles. The average Bonchev–Trinajstić information content (AvgIpc) is 3.32. The fourth-order valence-electron chi connectivity index (χ4n) is 4.71. The zero-order chi connectivity index (χ0) is 29.1. The lowest BCUT2D eigenvalue weighted by Gasteiger charge is -2.27. The van der Waals surface area contributed by atoms with Crippen LogP contribution in [0.25, 0.3) is 0 Å². The topological polar surface area (TPSA) is 147 Å². The first-order valence-corrected chi connectivity index (χ1v) is 14.6. The van der Waals surface area contributed by atoms with Gasteiger partial charge in [0.15, 0.2) is 5.69 Å². The van der Waals surface area contributed by atoms with E-state index in [0.717, 1.165) is 18.4 Å². The molecule has 11 nitrogen and oxygen atoms in total. The number of amides is 4. The maximum atomic E-state index is 13.3. The number of hydrogen-bond acceptors (Lipinski definition) is 8. The van der Waals surface area contributed by atoms with Gasteiger partial charge in [-0.05, 0) is 24.3 Å². The second-order valence-electron chi connectivity index (χ2n) is 11.2. The highest BCUT2D eigenvalue weighted by Crippen LogP contribution is 2.46. The molecule has 1 aliphatic carbocycles. The number of thiazole rings is 1. The van der Waals surface area contributed by atoms with Crippen molar-refractivity contribution in [2.24, 2.45) is 11.3 Å². The molecule has 0 spiro atoms.